The van der Waals surface area contributed by atoms with Gasteiger partial charge >= 0.3 is 0 Å². The summed E-state index contributed by atoms with van der Waals surface area (Å²) in [5.74, 6) is 2.44. The number of nitrogens with one attached hydrogen (secondary N) is 2. The van der Waals surface area contributed by atoms with Gasteiger partial charge in [0.25, 0.3) is 0 Å². The third kappa shape index (κ3) is 4.59. The van der Waals surface area contributed by atoms with Gasteiger partial charge in [-0.15, -0.1) is 5.10 Å². The first kappa shape index (κ1) is 17.4. The van der Waals surface area contributed by atoms with E-state index in [-0.39, 0.29) is 0 Å². The molecule has 0 aliphatic heterocycles. The lowest BCUT2D eigenvalue weighted by atomic mass is 10.3. The third-order valence-electron chi connectivity index (χ3n) is 3.85. The summed E-state index contributed by atoms with van der Waals surface area (Å²) in [5.41, 5.74) is 1.82. The van der Waals surface area contributed by atoms with Gasteiger partial charge in [-0.3, -0.25) is 4.98 Å². The Bertz CT molecular complexity index is 1030. The van der Waals surface area contributed by atoms with E-state index in [1.54, 1.807) is 18.6 Å². The Morgan fingerprint density at radius 1 is 0.857 bits per heavy atom. The summed E-state index contributed by atoms with van der Waals surface area (Å²) in [6, 6.07) is 21.1. The maximum absolute atomic E-state index is 5.97. The Hall–Kier alpha value is -4.00. The highest BCUT2D eigenvalue weighted by molar-refractivity contribution is 5.64. The maximum atomic E-state index is 5.97. The van der Waals surface area contributed by atoms with Crippen LogP contribution in [0.3, 0.4) is 0 Å². The van der Waals surface area contributed by atoms with Crippen LogP contribution >= 0.6 is 0 Å². The van der Waals surface area contributed by atoms with E-state index in [2.05, 4.69) is 30.8 Å². The van der Waals surface area contributed by atoms with E-state index in [4.69, 9.17) is 4.74 Å². The third-order valence-corrected chi connectivity index (χ3v) is 3.85. The van der Waals surface area contributed by atoms with Gasteiger partial charge in [-0.2, -0.15) is 10.1 Å². The van der Waals surface area contributed by atoms with Crippen molar-refractivity contribution in [3.63, 3.8) is 0 Å². The Morgan fingerprint density at radius 3 is 2.57 bits per heavy atom. The second-order valence-corrected chi connectivity index (χ2v) is 5.92. The van der Waals surface area contributed by atoms with E-state index in [1.807, 2.05) is 66.7 Å². The van der Waals surface area contributed by atoms with E-state index in [0.29, 0.717) is 24.1 Å². The minimum Gasteiger partial charge on any atom is -0.455 e. The Morgan fingerprint density at radius 2 is 1.71 bits per heavy atom. The van der Waals surface area contributed by atoms with Gasteiger partial charge in [-0.25, -0.2) is 0 Å². The summed E-state index contributed by atoms with van der Waals surface area (Å²) in [6.07, 6.45) is 5.09. The smallest absolute Gasteiger partial charge is 0.244 e. The molecule has 0 unspecified atom stereocenters. The number of hydrogen-bond acceptors (Lipinski definition) is 7. The predicted octanol–water partition coefficient (Wildman–Crippen LogP) is 4.41. The van der Waals surface area contributed by atoms with Gasteiger partial charge in [0.15, 0.2) is 11.6 Å². The molecular formula is C21H18N6O. The van der Waals surface area contributed by atoms with Crippen LogP contribution in [0.4, 0.5) is 17.5 Å². The Kier molecular flexibility index (Phi) is 5.34. The van der Waals surface area contributed by atoms with Crippen molar-refractivity contribution in [2.75, 3.05) is 10.6 Å². The van der Waals surface area contributed by atoms with Crippen molar-refractivity contribution in [3.8, 4) is 11.5 Å². The summed E-state index contributed by atoms with van der Waals surface area (Å²) in [6.45, 7) is 0.562. The molecule has 0 saturated carbocycles. The van der Waals surface area contributed by atoms with Gasteiger partial charge in [0.05, 0.1) is 11.9 Å². The summed E-state index contributed by atoms with van der Waals surface area (Å²) < 4.78 is 5.97. The highest BCUT2D eigenvalue weighted by atomic mass is 16.5. The molecule has 2 aromatic heterocycles. The van der Waals surface area contributed by atoms with Crippen molar-refractivity contribution in [1.29, 1.82) is 0 Å². The largest absolute Gasteiger partial charge is 0.455 e. The van der Waals surface area contributed by atoms with E-state index >= 15 is 0 Å². The minimum absolute atomic E-state index is 0.426. The number of rotatable bonds is 7. The van der Waals surface area contributed by atoms with Crippen LogP contribution in [0.2, 0.25) is 0 Å². The van der Waals surface area contributed by atoms with E-state index in [9.17, 15) is 0 Å². The zero-order valence-electron chi connectivity index (χ0n) is 15.0. The number of hydrogen-bond donors (Lipinski definition) is 2. The summed E-state index contributed by atoms with van der Waals surface area (Å²) in [4.78, 5) is 8.55. The fourth-order valence-corrected chi connectivity index (χ4v) is 2.53. The van der Waals surface area contributed by atoms with Crippen LogP contribution in [-0.4, -0.2) is 20.2 Å². The molecule has 2 N–H and O–H groups in total. The molecule has 4 rings (SSSR count). The molecule has 0 aliphatic carbocycles. The summed E-state index contributed by atoms with van der Waals surface area (Å²) in [7, 11) is 0. The van der Waals surface area contributed by atoms with Crippen molar-refractivity contribution in [3.05, 3.63) is 90.9 Å². The van der Waals surface area contributed by atoms with Gasteiger partial charge in [0.2, 0.25) is 5.95 Å². The molecule has 2 heterocycles. The molecule has 0 saturated heterocycles. The average Bonchev–Trinajstić information content (AvgIpc) is 2.75. The number of nitrogens with zero attached hydrogens (tertiary/aromatic N) is 4. The second kappa shape index (κ2) is 8.59. The SMILES string of the molecule is c1ccc(Oc2ccccc2Nc2cnnc(NCc3cccnc3)n2)cc1. The monoisotopic (exact) mass is 370 g/mol. The molecule has 0 spiro atoms. The number of ether oxygens (including phenoxy) is 1. The molecule has 0 fully saturated rings. The van der Waals surface area contributed by atoms with Crippen LogP contribution in [0.5, 0.6) is 11.5 Å². The van der Waals surface area contributed by atoms with Gasteiger partial charge < -0.3 is 15.4 Å². The molecule has 7 heteroatoms. The molecule has 7 nitrogen and oxygen atoms in total. The van der Waals surface area contributed by atoms with Gasteiger partial charge in [0, 0.05) is 18.9 Å². The lowest BCUT2D eigenvalue weighted by Crippen LogP contribution is -2.06. The van der Waals surface area contributed by atoms with E-state index in [0.717, 1.165) is 17.0 Å². The molecular weight excluding hydrogens is 352 g/mol. The first-order chi connectivity index (χ1) is 13.9. The van der Waals surface area contributed by atoms with Crippen molar-refractivity contribution < 1.29 is 4.74 Å². The number of pyridine rings is 1. The summed E-state index contributed by atoms with van der Waals surface area (Å²) in [5, 5.41) is 14.4. The van der Waals surface area contributed by atoms with Crippen molar-refractivity contribution in [2.24, 2.45) is 0 Å². The number of aromatic nitrogens is 4. The van der Waals surface area contributed by atoms with Crippen LogP contribution in [0, 0.1) is 0 Å². The van der Waals surface area contributed by atoms with Gasteiger partial charge in [0.1, 0.15) is 5.75 Å². The molecule has 0 atom stereocenters. The first-order valence-electron chi connectivity index (χ1n) is 8.78. The zero-order valence-corrected chi connectivity index (χ0v) is 15.0. The van der Waals surface area contributed by atoms with Crippen molar-refractivity contribution in [1.82, 2.24) is 20.2 Å². The Balaban J connectivity index is 1.47. The predicted molar refractivity (Wildman–Crippen MR) is 108 cm³/mol. The lowest BCUT2D eigenvalue weighted by Gasteiger charge is -2.12. The number of benzene rings is 2. The second-order valence-electron chi connectivity index (χ2n) is 5.92. The number of anilines is 3. The molecule has 138 valence electrons. The molecule has 28 heavy (non-hydrogen) atoms. The highest BCUT2D eigenvalue weighted by Crippen LogP contribution is 2.30. The topological polar surface area (TPSA) is 84.9 Å². The van der Waals surface area contributed by atoms with Crippen LogP contribution in [0.15, 0.2) is 85.3 Å². The molecule has 0 aliphatic rings. The number of para-hydroxylation sites is 3. The fraction of sp³-hybridized carbons (Fsp3) is 0.0476. The molecule has 0 bridgehead atoms. The maximum Gasteiger partial charge on any atom is 0.244 e. The van der Waals surface area contributed by atoms with Crippen LogP contribution in [0.1, 0.15) is 5.56 Å². The molecule has 0 radical (unpaired) electrons. The zero-order chi connectivity index (χ0) is 19.0. The highest BCUT2D eigenvalue weighted by Gasteiger charge is 2.07. The molecule has 4 aromatic rings. The Labute approximate surface area is 162 Å². The van der Waals surface area contributed by atoms with Crippen molar-refractivity contribution >= 4 is 17.5 Å². The van der Waals surface area contributed by atoms with E-state index in [1.165, 1.54) is 0 Å². The van der Waals surface area contributed by atoms with E-state index < -0.39 is 0 Å². The van der Waals surface area contributed by atoms with Crippen LogP contribution < -0.4 is 15.4 Å². The summed E-state index contributed by atoms with van der Waals surface area (Å²) >= 11 is 0. The standard InChI is InChI=1S/C21H18N6O/c1-2-8-17(9-3-1)28-19-11-5-4-10-18(19)25-20-15-24-27-21(26-20)23-14-16-7-6-12-22-13-16/h1-13,15H,14H2,(H2,23,25,26,27). The normalized spacial score (nSPS) is 10.3. The first-order valence-corrected chi connectivity index (χ1v) is 8.78. The van der Waals surface area contributed by atoms with Gasteiger partial charge in [-0.05, 0) is 35.9 Å². The average molecular weight is 370 g/mol. The minimum atomic E-state index is 0.426. The van der Waals surface area contributed by atoms with Crippen LogP contribution in [0.25, 0.3) is 0 Å². The van der Waals surface area contributed by atoms with Crippen molar-refractivity contribution in [2.45, 2.75) is 6.54 Å². The van der Waals surface area contributed by atoms with Crippen LogP contribution in [-0.2, 0) is 6.54 Å². The quantitative estimate of drug-likeness (QED) is 0.498. The lowest BCUT2D eigenvalue weighted by molar-refractivity contribution is 0.485. The van der Waals surface area contributed by atoms with Gasteiger partial charge in [-0.1, -0.05) is 36.4 Å². The fourth-order valence-electron chi connectivity index (χ4n) is 2.53. The molecule has 2 aromatic carbocycles. The molecule has 0 amide bonds.